The maximum Gasteiger partial charge on any atom is 0.255 e. The second-order valence-electron chi connectivity index (χ2n) is 8.44. The highest BCUT2D eigenvalue weighted by molar-refractivity contribution is 6.06. The number of benzene rings is 2. The third-order valence-corrected chi connectivity index (χ3v) is 6.37. The first kappa shape index (κ1) is 18.8. The summed E-state index contributed by atoms with van der Waals surface area (Å²) in [7, 11) is 0. The number of nitrogens with one attached hydrogen (secondary N) is 2. The topological polar surface area (TPSA) is 105 Å². The third-order valence-electron chi connectivity index (χ3n) is 6.37. The molecule has 3 amide bonds. The number of rotatable bonds is 5. The fourth-order valence-corrected chi connectivity index (χ4v) is 4.38. The van der Waals surface area contributed by atoms with Crippen molar-refractivity contribution in [3.63, 3.8) is 0 Å². The summed E-state index contributed by atoms with van der Waals surface area (Å²) in [5.41, 5.74) is 10.7. The summed E-state index contributed by atoms with van der Waals surface area (Å²) in [6, 6.07) is 13.3. The van der Waals surface area contributed by atoms with Gasteiger partial charge in [0.05, 0.1) is 0 Å². The number of piperidine rings is 1. The van der Waals surface area contributed by atoms with Crippen LogP contribution in [-0.4, -0.2) is 28.7 Å². The zero-order valence-electron chi connectivity index (χ0n) is 16.6. The molecule has 30 heavy (non-hydrogen) atoms. The SMILES string of the molecule is NC1(c2ccc(NCc3cccc4c3C(=O)N(C3CCC(=O)NC3=O)C4)cc2)CC1. The molecule has 0 bridgehead atoms. The molecule has 1 aliphatic carbocycles. The Labute approximate surface area is 174 Å². The Bertz CT molecular complexity index is 1040. The Hall–Kier alpha value is -3.19. The zero-order chi connectivity index (χ0) is 20.9. The van der Waals surface area contributed by atoms with Crippen molar-refractivity contribution in [2.75, 3.05) is 5.32 Å². The van der Waals surface area contributed by atoms with Crippen LogP contribution in [0.4, 0.5) is 5.69 Å². The highest BCUT2D eigenvalue weighted by Gasteiger charge is 2.40. The van der Waals surface area contributed by atoms with Crippen LogP contribution in [0.25, 0.3) is 0 Å². The zero-order valence-corrected chi connectivity index (χ0v) is 16.6. The molecule has 2 fully saturated rings. The van der Waals surface area contributed by atoms with Gasteiger partial charge in [-0.1, -0.05) is 30.3 Å². The summed E-state index contributed by atoms with van der Waals surface area (Å²) in [4.78, 5) is 38.4. The van der Waals surface area contributed by atoms with Gasteiger partial charge in [0.2, 0.25) is 11.8 Å². The first-order chi connectivity index (χ1) is 14.4. The van der Waals surface area contributed by atoms with Crippen molar-refractivity contribution in [1.29, 1.82) is 0 Å². The molecule has 1 unspecified atom stereocenters. The Morgan fingerprint density at radius 1 is 1.10 bits per heavy atom. The lowest BCUT2D eigenvalue weighted by Crippen LogP contribution is -2.52. The van der Waals surface area contributed by atoms with Crippen LogP contribution >= 0.6 is 0 Å². The molecule has 0 spiro atoms. The normalized spacial score (nSPS) is 22.0. The van der Waals surface area contributed by atoms with Crippen LogP contribution in [0.1, 0.15) is 52.7 Å². The number of nitrogens with two attached hydrogens (primary N) is 1. The van der Waals surface area contributed by atoms with Gasteiger partial charge in [-0.15, -0.1) is 0 Å². The van der Waals surface area contributed by atoms with E-state index >= 15 is 0 Å². The monoisotopic (exact) mass is 404 g/mol. The van der Waals surface area contributed by atoms with Crippen LogP contribution < -0.4 is 16.4 Å². The molecular weight excluding hydrogens is 380 g/mol. The van der Waals surface area contributed by atoms with Gasteiger partial charge in [0.1, 0.15) is 6.04 Å². The highest BCUT2D eigenvalue weighted by atomic mass is 16.2. The molecule has 154 valence electrons. The molecule has 3 aliphatic rings. The number of amides is 3. The van der Waals surface area contributed by atoms with Crippen molar-refractivity contribution >= 4 is 23.4 Å². The van der Waals surface area contributed by atoms with Crippen molar-refractivity contribution < 1.29 is 14.4 Å². The highest BCUT2D eigenvalue weighted by Crippen LogP contribution is 2.42. The summed E-state index contributed by atoms with van der Waals surface area (Å²) in [5.74, 6) is -0.815. The lowest BCUT2D eigenvalue weighted by atomic mass is 10.0. The van der Waals surface area contributed by atoms with Crippen LogP contribution in [0, 0.1) is 0 Å². The molecule has 1 atom stereocenters. The summed E-state index contributed by atoms with van der Waals surface area (Å²) in [6.45, 7) is 0.896. The number of nitrogens with zero attached hydrogens (tertiary/aromatic N) is 1. The summed E-state index contributed by atoms with van der Waals surface area (Å²) >= 11 is 0. The van der Waals surface area contributed by atoms with Gasteiger partial charge in [0.25, 0.3) is 5.91 Å². The van der Waals surface area contributed by atoms with E-state index in [4.69, 9.17) is 5.73 Å². The van der Waals surface area contributed by atoms with Gasteiger partial charge in [0, 0.05) is 36.3 Å². The molecule has 1 saturated heterocycles. The molecule has 2 aromatic carbocycles. The summed E-state index contributed by atoms with van der Waals surface area (Å²) in [6.07, 6.45) is 2.68. The average molecular weight is 404 g/mol. The van der Waals surface area contributed by atoms with Crippen molar-refractivity contribution in [1.82, 2.24) is 10.2 Å². The van der Waals surface area contributed by atoms with Gasteiger partial charge >= 0.3 is 0 Å². The molecule has 0 radical (unpaired) electrons. The van der Waals surface area contributed by atoms with Crippen molar-refractivity contribution in [3.05, 3.63) is 64.7 Å². The minimum absolute atomic E-state index is 0.147. The number of carbonyl (C=O) groups excluding carboxylic acids is 3. The smallest absolute Gasteiger partial charge is 0.255 e. The lowest BCUT2D eigenvalue weighted by molar-refractivity contribution is -0.136. The minimum atomic E-state index is -0.595. The molecule has 7 heteroatoms. The minimum Gasteiger partial charge on any atom is -0.381 e. The van der Waals surface area contributed by atoms with Gasteiger partial charge in [-0.2, -0.15) is 0 Å². The number of imide groups is 1. The fourth-order valence-electron chi connectivity index (χ4n) is 4.38. The molecule has 2 heterocycles. The number of hydrogen-bond acceptors (Lipinski definition) is 5. The van der Waals surface area contributed by atoms with E-state index in [0.29, 0.717) is 25.1 Å². The van der Waals surface area contributed by atoms with E-state index in [-0.39, 0.29) is 29.7 Å². The number of anilines is 1. The first-order valence-corrected chi connectivity index (χ1v) is 10.3. The van der Waals surface area contributed by atoms with Crippen LogP contribution in [0.2, 0.25) is 0 Å². The summed E-state index contributed by atoms with van der Waals surface area (Å²) in [5, 5.41) is 5.73. The van der Waals surface area contributed by atoms with Gasteiger partial charge < -0.3 is 16.0 Å². The predicted octanol–water partition coefficient (Wildman–Crippen LogP) is 2.01. The van der Waals surface area contributed by atoms with E-state index in [1.54, 1.807) is 4.90 Å². The van der Waals surface area contributed by atoms with Crippen LogP contribution in [-0.2, 0) is 28.2 Å². The molecule has 5 rings (SSSR count). The van der Waals surface area contributed by atoms with E-state index in [1.807, 2.05) is 30.3 Å². The van der Waals surface area contributed by atoms with E-state index < -0.39 is 6.04 Å². The van der Waals surface area contributed by atoms with Gasteiger partial charge in [0.15, 0.2) is 0 Å². The van der Waals surface area contributed by atoms with E-state index in [1.165, 1.54) is 0 Å². The fraction of sp³-hybridized carbons (Fsp3) is 0.348. The van der Waals surface area contributed by atoms with Crippen molar-refractivity contribution in [2.45, 2.75) is 50.4 Å². The second kappa shape index (κ2) is 6.95. The maximum atomic E-state index is 13.1. The Morgan fingerprint density at radius 3 is 2.57 bits per heavy atom. The van der Waals surface area contributed by atoms with E-state index in [2.05, 4.69) is 22.8 Å². The second-order valence-corrected chi connectivity index (χ2v) is 8.44. The maximum absolute atomic E-state index is 13.1. The number of carbonyl (C=O) groups is 3. The van der Waals surface area contributed by atoms with Crippen molar-refractivity contribution in [3.8, 4) is 0 Å². The molecule has 7 nitrogen and oxygen atoms in total. The van der Waals surface area contributed by atoms with E-state index in [0.717, 1.165) is 35.2 Å². The number of hydrogen-bond donors (Lipinski definition) is 3. The van der Waals surface area contributed by atoms with Gasteiger partial charge in [-0.3, -0.25) is 19.7 Å². The van der Waals surface area contributed by atoms with Crippen LogP contribution in [0.15, 0.2) is 42.5 Å². The Balaban J connectivity index is 1.31. The Morgan fingerprint density at radius 2 is 1.87 bits per heavy atom. The molecule has 1 saturated carbocycles. The standard InChI is InChI=1S/C23H24N4O3/c24-23(10-11-23)16-4-6-17(7-5-16)25-12-14-2-1-3-15-13-27(22(30)20(14)15)18-8-9-19(28)26-21(18)29/h1-7,18,25H,8-13,24H2,(H,26,28,29). The molecule has 2 aliphatic heterocycles. The molecule has 4 N–H and O–H groups in total. The third kappa shape index (κ3) is 3.25. The van der Waals surface area contributed by atoms with Gasteiger partial charge in [-0.05, 0) is 48.1 Å². The Kier molecular flexibility index (Phi) is 4.36. The van der Waals surface area contributed by atoms with Gasteiger partial charge in [-0.25, -0.2) is 0 Å². The molecular formula is C23H24N4O3. The molecule has 0 aromatic heterocycles. The largest absolute Gasteiger partial charge is 0.381 e. The average Bonchev–Trinajstić information content (AvgIpc) is 3.40. The van der Waals surface area contributed by atoms with Crippen LogP contribution in [0.3, 0.4) is 0 Å². The lowest BCUT2D eigenvalue weighted by Gasteiger charge is -2.29. The van der Waals surface area contributed by atoms with E-state index in [9.17, 15) is 14.4 Å². The predicted molar refractivity (Wildman–Crippen MR) is 111 cm³/mol. The van der Waals surface area contributed by atoms with Crippen LogP contribution in [0.5, 0.6) is 0 Å². The summed E-state index contributed by atoms with van der Waals surface area (Å²) < 4.78 is 0. The first-order valence-electron chi connectivity index (χ1n) is 10.3. The number of fused-ring (bicyclic) bond motifs is 1. The quantitative estimate of drug-likeness (QED) is 0.662. The molecule has 2 aromatic rings. The van der Waals surface area contributed by atoms with Crippen molar-refractivity contribution in [2.24, 2.45) is 5.73 Å².